The third kappa shape index (κ3) is 1.88. The van der Waals surface area contributed by atoms with Gasteiger partial charge in [-0.25, -0.2) is 0 Å². The van der Waals surface area contributed by atoms with E-state index in [0.29, 0.717) is 0 Å². The van der Waals surface area contributed by atoms with E-state index < -0.39 is 0 Å². The second kappa shape index (κ2) is 4.74. The molecule has 4 aliphatic rings. The minimum Gasteiger partial charge on any atom is -0.365 e. The number of hydrogen-bond acceptors (Lipinski definition) is 1. The molecule has 2 saturated carbocycles. The summed E-state index contributed by atoms with van der Waals surface area (Å²) in [4.78, 5) is 5.08. The minimum atomic E-state index is 0.898. The van der Waals surface area contributed by atoms with Gasteiger partial charge in [0, 0.05) is 16.8 Å². The summed E-state index contributed by atoms with van der Waals surface area (Å²) in [6.45, 7) is 0. The molecular formula is C19H23NS. The number of hydrogen-bond donors (Lipinski definition) is 1. The molecule has 2 fully saturated rings. The maximum atomic E-state index is 3.35. The van der Waals surface area contributed by atoms with E-state index >= 15 is 0 Å². The number of fused-ring (bicyclic) bond motifs is 10. The Bertz CT molecular complexity index is 603. The summed E-state index contributed by atoms with van der Waals surface area (Å²) in [5, 5.41) is 2.27. The highest BCUT2D eigenvalue weighted by Gasteiger charge is 2.37. The van der Waals surface area contributed by atoms with Crippen LogP contribution in [0.2, 0.25) is 0 Å². The molecular weight excluding hydrogens is 274 g/mol. The first kappa shape index (κ1) is 12.5. The molecule has 2 heterocycles. The molecule has 0 aliphatic heterocycles. The van der Waals surface area contributed by atoms with E-state index in [1.54, 1.807) is 21.7 Å². The lowest BCUT2D eigenvalue weighted by molar-refractivity contribution is 0.437. The van der Waals surface area contributed by atoms with Gasteiger partial charge in [-0.3, -0.25) is 0 Å². The lowest BCUT2D eigenvalue weighted by Gasteiger charge is -2.18. The van der Waals surface area contributed by atoms with Crippen molar-refractivity contribution in [1.29, 1.82) is 0 Å². The number of nitrogens with one attached hydrogen (secondary N) is 1. The van der Waals surface area contributed by atoms with Crippen molar-refractivity contribution in [3.05, 3.63) is 45.4 Å². The molecule has 4 aliphatic carbocycles. The standard InChI is InChI=1S/C10H12S.C9H11N/c1-2-7-6-8(3-1)10-9(7)4-5-11-10;1-2-7-5-6(1)8-3-4-10-9(7)8/h4-5,7-8H,1-3,6H2;3-4,6-7,10H,1-2,5H2. The summed E-state index contributed by atoms with van der Waals surface area (Å²) in [5.74, 6) is 3.74. The molecule has 21 heavy (non-hydrogen) atoms. The van der Waals surface area contributed by atoms with Crippen molar-refractivity contribution in [3.8, 4) is 0 Å². The van der Waals surface area contributed by atoms with Crippen LogP contribution in [0.4, 0.5) is 0 Å². The molecule has 0 saturated heterocycles. The molecule has 4 unspecified atom stereocenters. The van der Waals surface area contributed by atoms with Gasteiger partial charge in [-0.2, -0.15) is 0 Å². The van der Waals surface area contributed by atoms with E-state index in [2.05, 4.69) is 28.7 Å². The largest absolute Gasteiger partial charge is 0.365 e. The number of aromatic amines is 1. The zero-order valence-corrected chi connectivity index (χ0v) is 13.3. The fourth-order valence-electron chi connectivity index (χ4n) is 5.34. The molecule has 4 bridgehead atoms. The molecule has 2 aromatic rings. The van der Waals surface area contributed by atoms with Crippen LogP contribution in [0.15, 0.2) is 23.7 Å². The molecule has 6 rings (SSSR count). The van der Waals surface area contributed by atoms with Crippen molar-refractivity contribution in [1.82, 2.24) is 4.98 Å². The predicted octanol–water partition coefficient (Wildman–Crippen LogP) is 5.88. The summed E-state index contributed by atoms with van der Waals surface area (Å²) in [5.41, 5.74) is 4.88. The third-order valence-electron chi connectivity index (χ3n) is 6.31. The summed E-state index contributed by atoms with van der Waals surface area (Å²) in [7, 11) is 0. The Hall–Kier alpha value is -1.02. The lowest BCUT2D eigenvalue weighted by Crippen LogP contribution is -2.01. The SMILES string of the molecule is c1cc2c([nH]1)C1CCC2C1.c1cc2c(s1)C1CCCC2C1. The van der Waals surface area contributed by atoms with Crippen molar-refractivity contribution < 1.29 is 0 Å². The van der Waals surface area contributed by atoms with Gasteiger partial charge in [-0.1, -0.05) is 6.42 Å². The zero-order valence-electron chi connectivity index (χ0n) is 12.5. The fourth-order valence-corrected chi connectivity index (χ4v) is 6.48. The van der Waals surface area contributed by atoms with E-state index in [4.69, 9.17) is 0 Å². The van der Waals surface area contributed by atoms with Gasteiger partial charge in [0.05, 0.1) is 0 Å². The Balaban J connectivity index is 0.0000000996. The highest BCUT2D eigenvalue weighted by atomic mass is 32.1. The maximum absolute atomic E-state index is 3.35. The number of aromatic nitrogens is 1. The van der Waals surface area contributed by atoms with Crippen LogP contribution in [-0.2, 0) is 0 Å². The molecule has 0 radical (unpaired) electrons. The van der Waals surface area contributed by atoms with Crippen LogP contribution in [0, 0.1) is 0 Å². The molecule has 110 valence electrons. The number of rotatable bonds is 0. The molecule has 2 aromatic heterocycles. The molecule has 1 nitrogen and oxygen atoms in total. The molecule has 4 atom stereocenters. The molecule has 2 heteroatoms. The van der Waals surface area contributed by atoms with Crippen LogP contribution in [0.5, 0.6) is 0 Å². The van der Waals surface area contributed by atoms with Gasteiger partial charge in [0.15, 0.2) is 0 Å². The zero-order chi connectivity index (χ0) is 13.8. The van der Waals surface area contributed by atoms with Gasteiger partial charge < -0.3 is 4.98 Å². The van der Waals surface area contributed by atoms with Crippen LogP contribution in [-0.4, -0.2) is 4.98 Å². The van der Waals surface area contributed by atoms with Crippen LogP contribution in [0.3, 0.4) is 0 Å². The van der Waals surface area contributed by atoms with E-state index in [1.165, 1.54) is 44.9 Å². The Morgan fingerprint density at radius 1 is 0.857 bits per heavy atom. The fraction of sp³-hybridized carbons (Fsp3) is 0.579. The smallest absolute Gasteiger partial charge is 0.0214 e. The van der Waals surface area contributed by atoms with Crippen LogP contribution in [0.1, 0.15) is 90.3 Å². The second-order valence-corrected chi connectivity index (χ2v) is 8.30. The monoisotopic (exact) mass is 297 g/mol. The second-order valence-electron chi connectivity index (χ2n) is 7.35. The van der Waals surface area contributed by atoms with Gasteiger partial charge in [0.2, 0.25) is 0 Å². The lowest BCUT2D eigenvalue weighted by atomic mass is 9.87. The van der Waals surface area contributed by atoms with E-state index in [0.717, 1.165) is 23.7 Å². The first-order valence-corrected chi connectivity index (χ1v) is 9.52. The van der Waals surface area contributed by atoms with Crippen LogP contribution in [0.25, 0.3) is 0 Å². The Morgan fingerprint density at radius 3 is 2.62 bits per heavy atom. The van der Waals surface area contributed by atoms with Crippen LogP contribution < -0.4 is 0 Å². The summed E-state index contributed by atoms with van der Waals surface area (Å²) >= 11 is 1.99. The van der Waals surface area contributed by atoms with Crippen molar-refractivity contribution in [3.63, 3.8) is 0 Å². The third-order valence-corrected chi connectivity index (χ3v) is 7.40. The average Bonchev–Trinajstić information content (AvgIpc) is 3.29. The topological polar surface area (TPSA) is 15.8 Å². The minimum absolute atomic E-state index is 0.898. The van der Waals surface area contributed by atoms with Crippen LogP contribution >= 0.6 is 11.3 Å². The number of H-pyrrole nitrogens is 1. The highest BCUT2D eigenvalue weighted by Crippen LogP contribution is 2.53. The predicted molar refractivity (Wildman–Crippen MR) is 88.4 cm³/mol. The summed E-state index contributed by atoms with van der Waals surface area (Å²) < 4.78 is 0. The number of thiophene rings is 1. The average molecular weight is 297 g/mol. The van der Waals surface area contributed by atoms with E-state index in [1.807, 2.05) is 11.3 Å². The van der Waals surface area contributed by atoms with E-state index in [-0.39, 0.29) is 0 Å². The molecule has 0 aromatic carbocycles. The Morgan fingerprint density at radius 2 is 1.67 bits per heavy atom. The summed E-state index contributed by atoms with van der Waals surface area (Å²) in [6.07, 6.45) is 12.3. The van der Waals surface area contributed by atoms with Gasteiger partial charge in [0.25, 0.3) is 0 Å². The highest BCUT2D eigenvalue weighted by molar-refractivity contribution is 7.10. The normalized spacial score (nSPS) is 34.3. The van der Waals surface area contributed by atoms with Crippen molar-refractivity contribution in [2.75, 3.05) is 0 Å². The van der Waals surface area contributed by atoms with Crippen molar-refractivity contribution >= 4 is 11.3 Å². The quantitative estimate of drug-likeness (QED) is 0.624. The maximum Gasteiger partial charge on any atom is 0.0214 e. The first-order valence-electron chi connectivity index (χ1n) is 8.64. The van der Waals surface area contributed by atoms with Gasteiger partial charge in [-0.15, -0.1) is 11.3 Å². The van der Waals surface area contributed by atoms with Gasteiger partial charge in [0.1, 0.15) is 0 Å². The van der Waals surface area contributed by atoms with Gasteiger partial charge >= 0.3 is 0 Å². The van der Waals surface area contributed by atoms with Crippen molar-refractivity contribution in [2.45, 2.75) is 68.6 Å². The van der Waals surface area contributed by atoms with E-state index in [9.17, 15) is 0 Å². The summed E-state index contributed by atoms with van der Waals surface area (Å²) in [6, 6.07) is 4.62. The Labute approximate surface area is 130 Å². The molecule has 0 spiro atoms. The first-order chi connectivity index (χ1) is 10.4. The Kier molecular flexibility index (Phi) is 2.83. The molecule has 1 N–H and O–H groups in total. The van der Waals surface area contributed by atoms with Crippen molar-refractivity contribution in [2.24, 2.45) is 0 Å². The van der Waals surface area contributed by atoms with Gasteiger partial charge in [-0.05, 0) is 90.8 Å². The molecule has 0 amide bonds.